The van der Waals surface area contributed by atoms with E-state index in [-0.39, 0.29) is 22.6 Å². The molecule has 2 rings (SSSR count). The van der Waals surface area contributed by atoms with Crippen molar-refractivity contribution in [2.45, 2.75) is 81.8 Å². The predicted molar refractivity (Wildman–Crippen MR) is 126 cm³/mol. The van der Waals surface area contributed by atoms with E-state index in [2.05, 4.69) is 40.4 Å². The third-order valence-electron chi connectivity index (χ3n) is 6.14. The van der Waals surface area contributed by atoms with E-state index in [1.54, 1.807) is 42.5 Å². The van der Waals surface area contributed by atoms with Gasteiger partial charge in [-0.15, -0.1) is 6.58 Å². The van der Waals surface area contributed by atoms with E-state index in [4.69, 9.17) is 4.43 Å². The zero-order valence-corrected chi connectivity index (χ0v) is 20.9. The monoisotopic (exact) mass is 451 g/mol. The van der Waals surface area contributed by atoms with Gasteiger partial charge >= 0.3 is 0 Å². The van der Waals surface area contributed by atoms with Gasteiger partial charge in [0.1, 0.15) is 0 Å². The van der Waals surface area contributed by atoms with Crippen molar-refractivity contribution in [3.8, 4) is 0 Å². The van der Waals surface area contributed by atoms with E-state index < -0.39 is 30.5 Å². The molecule has 0 saturated carbocycles. The molecule has 0 heterocycles. The number of rotatable bonds is 7. The van der Waals surface area contributed by atoms with Crippen LogP contribution >= 0.6 is 0 Å². The van der Waals surface area contributed by atoms with Crippen molar-refractivity contribution < 1.29 is 18.0 Å². The molecule has 0 fully saturated rings. The molecule has 3 atom stereocenters. The number of sulfonamides is 1. The van der Waals surface area contributed by atoms with Gasteiger partial charge in [-0.25, -0.2) is 8.42 Å². The maximum Gasteiger partial charge on any atom is 0.243 e. The Labute approximate surface area is 183 Å². The molecule has 7 heteroatoms. The standard InChI is InChI=1S/C23H37NO4SSi/c1-8-15-24(29(26,27)22-13-9-18(2)10-14-22)19-11-12-20(25)17-21(16-19)28-30(6,7)23(3,4)5/h8-14,19-21,25H,1,15-17H2,2-7H3/t19-,20+,21-/m1/s1. The lowest BCUT2D eigenvalue weighted by Crippen LogP contribution is -2.47. The summed E-state index contributed by atoms with van der Waals surface area (Å²) in [7, 11) is -5.79. The maximum atomic E-state index is 13.4. The lowest BCUT2D eigenvalue weighted by atomic mass is 10.1. The SMILES string of the molecule is C=CCN([C@@H]1C=C[C@H](O)C[C@H](O[Si](C)(C)C(C)(C)C)C1)S(=O)(=O)c1ccc(C)cc1. The lowest BCUT2D eigenvalue weighted by Gasteiger charge is -2.40. The molecule has 1 aromatic rings. The van der Waals surface area contributed by atoms with Gasteiger partial charge in [0.05, 0.1) is 11.0 Å². The number of aliphatic hydroxyl groups is 1. The number of nitrogens with zero attached hydrogens (tertiary/aromatic N) is 1. The van der Waals surface area contributed by atoms with Gasteiger partial charge in [0.2, 0.25) is 10.0 Å². The first kappa shape index (κ1) is 25.0. The van der Waals surface area contributed by atoms with Crippen molar-refractivity contribution >= 4 is 18.3 Å². The minimum absolute atomic E-state index is 0.0297. The van der Waals surface area contributed by atoms with E-state index in [0.717, 1.165) is 5.56 Å². The summed E-state index contributed by atoms with van der Waals surface area (Å²) < 4.78 is 34.9. The minimum atomic E-state index is -3.72. The molecule has 0 spiro atoms. The van der Waals surface area contributed by atoms with Crippen LogP contribution in [0.15, 0.2) is 54.0 Å². The van der Waals surface area contributed by atoms with Crippen LogP contribution in [0.2, 0.25) is 18.1 Å². The largest absolute Gasteiger partial charge is 0.414 e. The molecule has 1 aliphatic carbocycles. The smallest absolute Gasteiger partial charge is 0.243 e. The van der Waals surface area contributed by atoms with Crippen LogP contribution in [0, 0.1) is 6.92 Å². The quantitative estimate of drug-likeness (QED) is 0.484. The van der Waals surface area contributed by atoms with Crippen molar-refractivity contribution in [2.24, 2.45) is 0 Å². The van der Waals surface area contributed by atoms with Crippen LogP contribution in [0.4, 0.5) is 0 Å². The highest BCUT2D eigenvalue weighted by atomic mass is 32.2. The second-order valence-electron chi connectivity index (χ2n) is 9.67. The van der Waals surface area contributed by atoms with Crippen LogP contribution in [0.3, 0.4) is 0 Å². The Morgan fingerprint density at radius 2 is 1.80 bits per heavy atom. The zero-order valence-electron chi connectivity index (χ0n) is 19.1. The van der Waals surface area contributed by atoms with Gasteiger partial charge in [0, 0.05) is 25.1 Å². The highest BCUT2D eigenvalue weighted by Crippen LogP contribution is 2.39. The lowest BCUT2D eigenvalue weighted by molar-refractivity contribution is 0.100. The van der Waals surface area contributed by atoms with Crippen LogP contribution in [0.5, 0.6) is 0 Å². The van der Waals surface area contributed by atoms with Gasteiger partial charge < -0.3 is 9.53 Å². The summed E-state index contributed by atoms with van der Waals surface area (Å²) in [6.45, 7) is 16.8. The summed E-state index contributed by atoms with van der Waals surface area (Å²) in [6.07, 6.45) is 5.18. The average Bonchev–Trinajstić information content (AvgIpc) is 2.79. The first-order chi connectivity index (χ1) is 13.8. The third-order valence-corrected chi connectivity index (χ3v) is 12.6. The summed E-state index contributed by atoms with van der Waals surface area (Å²) >= 11 is 0. The number of hydrogen-bond donors (Lipinski definition) is 1. The van der Waals surface area contributed by atoms with Crippen molar-refractivity contribution in [3.05, 3.63) is 54.6 Å². The summed E-state index contributed by atoms with van der Waals surface area (Å²) in [5.41, 5.74) is 1.00. The topological polar surface area (TPSA) is 66.8 Å². The molecule has 1 N–H and O–H groups in total. The van der Waals surface area contributed by atoms with E-state index in [9.17, 15) is 13.5 Å². The third kappa shape index (κ3) is 5.92. The fourth-order valence-corrected chi connectivity index (χ4v) is 6.28. The van der Waals surface area contributed by atoms with Crippen LogP contribution in [-0.4, -0.2) is 50.9 Å². The predicted octanol–water partition coefficient (Wildman–Crippen LogP) is 4.64. The number of aryl methyl sites for hydroxylation is 1. The molecule has 1 aromatic carbocycles. The first-order valence-electron chi connectivity index (χ1n) is 10.5. The second-order valence-corrected chi connectivity index (χ2v) is 16.3. The highest BCUT2D eigenvalue weighted by molar-refractivity contribution is 7.89. The molecule has 0 amide bonds. The molecule has 0 saturated heterocycles. The summed E-state index contributed by atoms with van der Waals surface area (Å²) in [4.78, 5) is 0.259. The normalized spacial score (nSPS) is 23.4. The Kier molecular flexibility index (Phi) is 7.91. The molecule has 30 heavy (non-hydrogen) atoms. The highest BCUT2D eigenvalue weighted by Gasteiger charge is 2.41. The number of aliphatic hydroxyl groups excluding tert-OH is 1. The second kappa shape index (κ2) is 9.49. The summed E-state index contributed by atoms with van der Waals surface area (Å²) in [5.74, 6) is 0. The fraction of sp³-hybridized carbons (Fsp3) is 0.565. The van der Waals surface area contributed by atoms with Crippen LogP contribution in [0.1, 0.15) is 39.2 Å². The molecule has 0 aromatic heterocycles. The van der Waals surface area contributed by atoms with Gasteiger partial charge in [-0.1, -0.05) is 56.7 Å². The van der Waals surface area contributed by atoms with Crippen molar-refractivity contribution in [1.29, 1.82) is 0 Å². The van der Waals surface area contributed by atoms with E-state index >= 15 is 0 Å². The summed E-state index contributed by atoms with van der Waals surface area (Å²) in [5, 5.41) is 10.4. The molecule has 0 aliphatic heterocycles. The Hall–Kier alpha value is -1.25. The van der Waals surface area contributed by atoms with E-state index in [1.807, 2.05) is 6.92 Å². The van der Waals surface area contributed by atoms with Crippen molar-refractivity contribution in [2.75, 3.05) is 6.54 Å². The molecule has 0 unspecified atom stereocenters. The van der Waals surface area contributed by atoms with Gasteiger partial charge in [-0.05, 0) is 43.6 Å². The van der Waals surface area contributed by atoms with Crippen LogP contribution < -0.4 is 0 Å². The van der Waals surface area contributed by atoms with Crippen molar-refractivity contribution in [3.63, 3.8) is 0 Å². The first-order valence-corrected chi connectivity index (χ1v) is 14.9. The van der Waals surface area contributed by atoms with Gasteiger partial charge in [0.25, 0.3) is 0 Å². The van der Waals surface area contributed by atoms with E-state index in [1.165, 1.54) is 4.31 Å². The fourth-order valence-electron chi connectivity index (χ4n) is 3.34. The molecular weight excluding hydrogens is 414 g/mol. The molecule has 1 aliphatic rings. The van der Waals surface area contributed by atoms with Crippen LogP contribution in [-0.2, 0) is 14.4 Å². The number of benzene rings is 1. The van der Waals surface area contributed by atoms with Crippen molar-refractivity contribution in [1.82, 2.24) is 4.31 Å². The average molecular weight is 452 g/mol. The Morgan fingerprint density at radius 1 is 1.20 bits per heavy atom. The molecule has 0 bridgehead atoms. The van der Waals surface area contributed by atoms with Gasteiger partial charge in [0.15, 0.2) is 8.32 Å². The molecular formula is C23H37NO4SSi. The van der Waals surface area contributed by atoms with Gasteiger partial charge in [-0.2, -0.15) is 4.31 Å². The zero-order chi connectivity index (χ0) is 22.7. The summed E-state index contributed by atoms with van der Waals surface area (Å²) in [6, 6.07) is 6.46. The Bertz CT molecular complexity index is 856. The number of hydrogen-bond acceptors (Lipinski definition) is 4. The minimum Gasteiger partial charge on any atom is -0.414 e. The Balaban J connectivity index is 2.37. The van der Waals surface area contributed by atoms with Gasteiger partial charge in [-0.3, -0.25) is 0 Å². The molecule has 168 valence electrons. The molecule has 0 radical (unpaired) electrons. The maximum absolute atomic E-state index is 13.4. The molecule has 5 nitrogen and oxygen atoms in total. The Morgan fingerprint density at radius 3 is 2.33 bits per heavy atom. The van der Waals surface area contributed by atoms with E-state index in [0.29, 0.717) is 12.8 Å². The van der Waals surface area contributed by atoms with Crippen LogP contribution in [0.25, 0.3) is 0 Å².